The van der Waals surface area contributed by atoms with E-state index < -0.39 is 0 Å². The van der Waals surface area contributed by atoms with Gasteiger partial charge in [0.25, 0.3) is 0 Å². The van der Waals surface area contributed by atoms with E-state index in [0.29, 0.717) is 17.3 Å². The molecule has 16 heavy (non-hydrogen) atoms. The van der Waals surface area contributed by atoms with Crippen LogP contribution in [0.3, 0.4) is 0 Å². The molecule has 2 aromatic rings. The molecule has 0 saturated heterocycles. The molecule has 0 fully saturated rings. The van der Waals surface area contributed by atoms with Crippen LogP contribution in [-0.4, -0.2) is 0 Å². The Kier molecular flexibility index (Phi) is 3.45. The lowest BCUT2D eigenvalue weighted by atomic mass is 10.3. The Bertz CT molecular complexity index is 530. The summed E-state index contributed by atoms with van der Waals surface area (Å²) < 4.78 is 5.62. The summed E-state index contributed by atoms with van der Waals surface area (Å²) in [6, 6.07) is 11.1. The number of hydrogen-bond donors (Lipinski definition) is 0. The average Bonchev–Trinajstić information content (AvgIpc) is 2.70. The zero-order valence-corrected chi connectivity index (χ0v) is 9.89. The highest BCUT2D eigenvalue weighted by molar-refractivity contribution is 7.13. The number of rotatable bonds is 3. The van der Waals surface area contributed by atoms with Crippen LogP contribution in [0.1, 0.15) is 4.88 Å². The summed E-state index contributed by atoms with van der Waals surface area (Å²) in [7, 11) is 0. The molecule has 2 nitrogen and oxygen atoms in total. The number of ether oxygens (including phenoxy) is 1. The fraction of sp³-hybridized carbons (Fsp3) is 0.0833. The Morgan fingerprint density at radius 2 is 2.06 bits per heavy atom. The van der Waals surface area contributed by atoms with E-state index in [9.17, 15) is 0 Å². The van der Waals surface area contributed by atoms with Gasteiger partial charge in [0.05, 0.1) is 9.90 Å². The summed E-state index contributed by atoms with van der Waals surface area (Å²) >= 11 is 7.44. The molecular weight excluding hydrogens is 242 g/mol. The third kappa shape index (κ3) is 2.54. The number of thiophene rings is 1. The van der Waals surface area contributed by atoms with Crippen LogP contribution >= 0.6 is 22.9 Å². The molecule has 4 heteroatoms. The highest BCUT2D eigenvalue weighted by Gasteiger charge is 2.06. The largest absolute Gasteiger partial charge is 0.445 e. The summed E-state index contributed by atoms with van der Waals surface area (Å²) in [4.78, 5) is 4.32. The van der Waals surface area contributed by atoms with Crippen LogP contribution in [0.4, 0.5) is 0 Å². The molecule has 0 aliphatic heterocycles. The quantitative estimate of drug-likeness (QED) is 0.724. The van der Waals surface area contributed by atoms with Crippen LogP contribution in [0.15, 0.2) is 36.4 Å². The maximum Gasteiger partial charge on any atom is 0.248 e. The second-order valence-corrected chi connectivity index (χ2v) is 4.61. The van der Waals surface area contributed by atoms with Crippen molar-refractivity contribution in [2.45, 2.75) is 6.54 Å². The van der Waals surface area contributed by atoms with E-state index in [-0.39, 0.29) is 0 Å². The van der Waals surface area contributed by atoms with Crippen LogP contribution in [0, 0.1) is 6.57 Å². The number of nitrogens with zero attached hydrogens (tertiary/aromatic N) is 1. The van der Waals surface area contributed by atoms with Gasteiger partial charge in [-0.15, -0.1) is 0 Å². The molecule has 0 radical (unpaired) electrons. The average molecular weight is 250 g/mol. The Labute approximate surface area is 103 Å². The molecule has 0 aliphatic rings. The van der Waals surface area contributed by atoms with Gasteiger partial charge in [-0.25, -0.2) is 6.57 Å². The van der Waals surface area contributed by atoms with Crippen molar-refractivity contribution in [3.8, 4) is 10.8 Å². The Balaban J connectivity index is 2.15. The van der Waals surface area contributed by atoms with Gasteiger partial charge in [0.1, 0.15) is 5.75 Å². The Morgan fingerprint density at radius 3 is 2.81 bits per heavy atom. The predicted molar refractivity (Wildman–Crippen MR) is 66.2 cm³/mol. The molecule has 0 atom stereocenters. The van der Waals surface area contributed by atoms with E-state index in [4.69, 9.17) is 22.9 Å². The van der Waals surface area contributed by atoms with Gasteiger partial charge in [-0.05, 0) is 24.3 Å². The van der Waals surface area contributed by atoms with E-state index in [2.05, 4.69) is 4.85 Å². The first kappa shape index (κ1) is 11.0. The van der Waals surface area contributed by atoms with E-state index >= 15 is 0 Å². The van der Waals surface area contributed by atoms with Crippen molar-refractivity contribution in [3.63, 3.8) is 0 Å². The molecule has 2 rings (SSSR count). The van der Waals surface area contributed by atoms with E-state index in [1.165, 1.54) is 11.3 Å². The number of para-hydroxylation sites is 1. The summed E-state index contributed by atoms with van der Waals surface area (Å²) in [6.07, 6.45) is 0. The highest BCUT2D eigenvalue weighted by atomic mass is 35.5. The summed E-state index contributed by atoms with van der Waals surface area (Å²) in [5.41, 5.74) is 0. The molecule has 0 N–H and O–H groups in total. The lowest BCUT2D eigenvalue weighted by Gasteiger charge is -2.03. The van der Waals surface area contributed by atoms with Crippen molar-refractivity contribution in [2.75, 3.05) is 0 Å². The first-order valence-corrected chi connectivity index (χ1v) is 5.83. The number of hydrogen-bond acceptors (Lipinski definition) is 2. The van der Waals surface area contributed by atoms with Crippen molar-refractivity contribution in [2.24, 2.45) is 0 Å². The molecular formula is C12H8ClNOS. The molecule has 1 heterocycles. The first-order valence-electron chi connectivity index (χ1n) is 4.64. The molecule has 0 unspecified atom stereocenters. The number of halogens is 1. The molecule has 0 saturated carbocycles. The maximum absolute atomic E-state index is 6.77. The minimum absolute atomic E-state index is 0.399. The molecule has 1 aromatic heterocycles. The van der Waals surface area contributed by atoms with Gasteiger partial charge >= 0.3 is 0 Å². The van der Waals surface area contributed by atoms with Gasteiger partial charge < -0.3 is 9.58 Å². The first-order chi connectivity index (χ1) is 7.79. The van der Waals surface area contributed by atoms with Gasteiger partial charge in [0.2, 0.25) is 6.54 Å². The molecule has 1 aromatic carbocycles. The van der Waals surface area contributed by atoms with Crippen molar-refractivity contribution >= 4 is 22.9 Å². The van der Waals surface area contributed by atoms with Crippen LogP contribution < -0.4 is 4.74 Å². The fourth-order valence-corrected chi connectivity index (χ4v) is 2.18. The number of benzene rings is 1. The highest BCUT2D eigenvalue weighted by Crippen LogP contribution is 2.33. The zero-order chi connectivity index (χ0) is 11.4. The van der Waals surface area contributed by atoms with Crippen molar-refractivity contribution < 1.29 is 4.74 Å². The van der Waals surface area contributed by atoms with Gasteiger partial charge in [-0.2, -0.15) is 0 Å². The van der Waals surface area contributed by atoms with E-state index in [0.717, 1.165) is 9.94 Å². The van der Waals surface area contributed by atoms with Gasteiger partial charge in [-0.3, -0.25) is 0 Å². The van der Waals surface area contributed by atoms with Crippen molar-refractivity contribution in [1.29, 1.82) is 0 Å². The summed E-state index contributed by atoms with van der Waals surface area (Å²) in [5, 5.41) is 1.34. The van der Waals surface area contributed by atoms with Crippen LogP contribution in [-0.2, 0) is 6.54 Å². The predicted octanol–water partition coefficient (Wildman–Crippen LogP) is 4.61. The van der Waals surface area contributed by atoms with Crippen LogP contribution in [0.2, 0.25) is 5.02 Å². The van der Waals surface area contributed by atoms with Crippen LogP contribution in [0.5, 0.6) is 10.8 Å². The minimum Gasteiger partial charge on any atom is -0.445 e. The van der Waals surface area contributed by atoms with Gasteiger partial charge in [-0.1, -0.05) is 35.1 Å². The fourth-order valence-electron chi connectivity index (χ4n) is 1.21. The standard InChI is InChI=1S/C12H8ClNOS/c1-14-8-9-6-7-12(16-9)15-11-5-3-2-4-10(11)13/h2-7H,8H2. The monoisotopic (exact) mass is 249 g/mol. The summed E-state index contributed by atoms with van der Waals surface area (Å²) in [5.74, 6) is 0.639. The smallest absolute Gasteiger partial charge is 0.248 e. The normalized spacial score (nSPS) is 9.75. The molecule has 0 bridgehead atoms. The lowest BCUT2D eigenvalue weighted by molar-refractivity contribution is 0.497. The second-order valence-electron chi connectivity index (χ2n) is 3.07. The molecule has 0 aliphatic carbocycles. The van der Waals surface area contributed by atoms with Gasteiger partial charge in [0, 0.05) is 0 Å². The third-order valence-corrected chi connectivity index (χ3v) is 3.18. The van der Waals surface area contributed by atoms with Crippen molar-refractivity contribution in [1.82, 2.24) is 0 Å². The SMILES string of the molecule is [C-]#[N+]Cc1ccc(Oc2ccccc2Cl)s1. The molecule has 0 spiro atoms. The summed E-state index contributed by atoms with van der Waals surface area (Å²) in [6.45, 7) is 7.17. The van der Waals surface area contributed by atoms with Gasteiger partial charge in [0.15, 0.2) is 5.06 Å². The van der Waals surface area contributed by atoms with E-state index in [1.54, 1.807) is 6.07 Å². The maximum atomic E-state index is 6.77. The zero-order valence-electron chi connectivity index (χ0n) is 8.31. The van der Waals surface area contributed by atoms with Crippen molar-refractivity contribution in [3.05, 3.63) is 57.7 Å². The van der Waals surface area contributed by atoms with E-state index in [1.807, 2.05) is 30.3 Å². The lowest BCUT2D eigenvalue weighted by Crippen LogP contribution is -1.80. The van der Waals surface area contributed by atoms with Crippen LogP contribution in [0.25, 0.3) is 4.85 Å². The Morgan fingerprint density at radius 1 is 1.25 bits per heavy atom. The molecule has 80 valence electrons. The minimum atomic E-state index is 0.399. The third-order valence-electron chi connectivity index (χ3n) is 1.92. The second kappa shape index (κ2) is 5.02. The topological polar surface area (TPSA) is 13.6 Å². The Hall–Kier alpha value is -1.50. The molecule has 0 amide bonds.